The van der Waals surface area contributed by atoms with Gasteiger partial charge in [-0.25, -0.2) is 19.7 Å². The molecule has 2 aromatic carbocycles. The summed E-state index contributed by atoms with van der Waals surface area (Å²) >= 11 is 12.9. The van der Waals surface area contributed by atoms with Crippen LogP contribution in [0.15, 0.2) is 60.9 Å². The van der Waals surface area contributed by atoms with Crippen molar-refractivity contribution in [1.29, 1.82) is 0 Å². The van der Waals surface area contributed by atoms with Gasteiger partial charge in [0, 0.05) is 30.3 Å². The summed E-state index contributed by atoms with van der Waals surface area (Å²) in [5.74, 6) is -1.21. The highest BCUT2D eigenvalue weighted by atomic mass is 35.5. The van der Waals surface area contributed by atoms with E-state index in [2.05, 4.69) is 30.9 Å². The summed E-state index contributed by atoms with van der Waals surface area (Å²) in [7, 11) is 0. The third-order valence-corrected chi connectivity index (χ3v) is 6.15. The number of rotatable bonds is 10. The van der Waals surface area contributed by atoms with Gasteiger partial charge in [0.15, 0.2) is 5.82 Å². The van der Waals surface area contributed by atoms with E-state index < -0.39 is 16.8 Å². The van der Waals surface area contributed by atoms with Crippen LogP contribution in [-0.2, 0) is 0 Å². The van der Waals surface area contributed by atoms with Gasteiger partial charge >= 0.3 is 11.7 Å². The van der Waals surface area contributed by atoms with Crippen LogP contribution >= 0.6 is 23.2 Å². The fraction of sp³-hybridized carbons (Fsp3) is 0.0800. The van der Waals surface area contributed by atoms with Crippen LogP contribution < -0.4 is 21.7 Å². The maximum Gasteiger partial charge on any atom is 0.335 e. The molecule has 0 bridgehead atoms. The zero-order valence-corrected chi connectivity index (χ0v) is 21.9. The SMILES string of the molecule is Nc1nc(NCCNc2c(Cl)ccc(-c3ncc(NC(=O)c4cccc(C(=O)O)c4)cn3)c2Cl)ccc1[N+](=O)[O-]. The fourth-order valence-corrected chi connectivity index (χ4v) is 4.10. The Kier molecular flexibility index (Phi) is 8.57. The van der Waals surface area contributed by atoms with Gasteiger partial charge in [0.25, 0.3) is 5.91 Å². The number of nitrogen functional groups attached to an aromatic ring is 1. The molecular formula is C25H20Cl2N8O5. The van der Waals surface area contributed by atoms with Gasteiger partial charge in [-0.1, -0.05) is 29.3 Å². The van der Waals surface area contributed by atoms with E-state index in [1.807, 2.05) is 0 Å². The molecule has 6 N–H and O–H groups in total. The molecule has 40 heavy (non-hydrogen) atoms. The minimum absolute atomic E-state index is 0.00969. The number of nitro groups is 1. The zero-order chi connectivity index (χ0) is 28.8. The molecule has 2 aromatic heterocycles. The summed E-state index contributed by atoms with van der Waals surface area (Å²) < 4.78 is 0. The number of carbonyl (C=O) groups is 2. The molecular weight excluding hydrogens is 563 g/mol. The van der Waals surface area contributed by atoms with E-state index in [9.17, 15) is 19.7 Å². The zero-order valence-electron chi connectivity index (χ0n) is 20.4. The maximum atomic E-state index is 12.5. The number of nitrogens with zero attached hydrogens (tertiary/aromatic N) is 4. The second kappa shape index (κ2) is 12.2. The number of nitrogens with two attached hydrogens (primary N) is 1. The number of hydrogen-bond donors (Lipinski definition) is 5. The van der Waals surface area contributed by atoms with E-state index in [0.717, 1.165) is 0 Å². The Morgan fingerprint density at radius 2 is 1.70 bits per heavy atom. The molecule has 0 saturated heterocycles. The van der Waals surface area contributed by atoms with E-state index in [4.69, 9.17) is 34.0 Å². The van der Waals surface area contributed by atoms with E-state index >= 15 is 0 Å². The fourth-order valence-electron chi connectivity index (χ4n) is 3.51. The molecule has 0 saturated carbocycles. The molecule has 1 amide bonds. The minimum Gasteiger partial charge on any atom is -0.478 e. The number of halogens is 2. The number of nitrogens with one attached hydrogen (secondary N) is 3. The first kappa shape index (κ1) is 28.0. The van der Waals surface area contributed by atoms with Gasteiger partial charge in [-0.15, -0.1) is 0 Å². The smallest absolute Gasteiger partial charge is 0.335 e. The van der Waals surface area contributed by atoms with E-state index in [1.165, 1.54) is 48.8 Å². The number of amides is 1. The Balaban J connectivity index is 1.40. The number of benzene rings is 2. The molecule has 0 fully saturated rings. The predicted molar refractivity (Wildman–Crippen MR) is 151 cm³/mol. The molecule has 0 unspecified atom stereocenters. The van der Waals surface area contributed by atoms with Crippen molar-refractivity contribution >= 4 is 63.8 Å². The number of aromatic carboxylic acids is 1. The lowest BCUT2D eigenvalue weighted by atomic mass is 10.1. The molecule has 4 rings (SSSR count). The van der Waals surface area contributed by atoms with Crippen molar-refractivity contribution < 1.29 is 19.6 Å². The van der Waals surface area contributed by atoms with Gasteiger partial charge in [-0.3, -0.25) is 14.9 Å². The number of carboxylic acid groups (broad SMARTS) is 1. The molecule has 13 nitrogen and oxygen atoms in total. The molecule has 0 aliphatic carbocycles. The summed E-state index contributed by atoms with van der Waals surface area (Å²) in [6.07, 6.45) is 2.79. The minimum atomic E-state index is -1.14. The van der Waals surface area contributed by atoms with Crippen LogP contribution in [-0.4, -0.2) is 49.9 Å². The lowest BCUT2D eigenvalue weighted by Gasteiger charge is -2.14. The number of carbonyl (C=O) groups excluding carboxylic acids is 1. The Morgan fingerprint density at radius 1 is 1.00 bits per heavy atom. The molecule has 2 heterocycles. The molecule has 0 radical (unpaired) electrons. The first-order valence-corrected chi connectivity index (χ1v) is 12.2. The van der Waals surface area contributed by atoms with Crippen molar-refractivity contribution in [2.24, 2.45) is 0 Å². The second-order valence-corrected chi connectivity index (χ2v) is 8.92. The standard InChI is InChI=1S/C25H20Cl2N8O5/c26-17-5-4-16(20(27)21(17)30-9-8-29-19-7-6-18(35(39)40)22(28)34-19)23-31-11-15(12-32-23)33-24(36)13-2-1-3-14(10-13)25(37)38/h1-7,10-12,30H,8-9H2,(H,33,36)(H,37,38)(H3,28,29,34). The molecule has 0 aliphatic heterocycles. The summed E-state index contributed by atoms with van der Waals surface area (Å²) in [5, 5.41) is 29.4. The predicted octanol–water partition coefficient (Wildman–Crippen LogP) is 4.81. The first-order valence-electron chi connectivity index (χ1n) is 11.5. The van der Waals surface area contributed by atoms with Crippen LogP contribution in [0.25, 0.3) is 11.4 Å². The van der Waals surface area contributed by atoms with E-state index in [0.29, 0.717) is 40.9 Å². The van der Waals surface area contributed by atoms with Crippen molar-refractivity contribution in [3.05, 3.63) is 92.2 Å². The Hall–Kier alpha value is -5.01. The van der Waals surface area contributed by atoms with Crippen molar-refractivity contribution in [2.45, 2.75) is 0 Å². The van der Waals surface area contributed by atoms with Gasteiger partial charge in [0.2, 0.25) is 5.82 Å². The lowest BCUT2D eigenvalue weighted by Crippen LogP contribution is -2.15. The summed E-state index contributed by atoms with van der Waals surface area (Å²) in [4.78, 5) is 46.4. The van der Waals surface area contributed by atoms with Gasteiger partial charge in [-0.2, -0.15) is 0 Å². The Bertz CT molecular complexity index is 1600. The topological polar surface area (TPSA) is 198 Å². The van der Waals surface area contributed by atoms with Crippen molar-refractivity contribution in [3.63, 3.8) is 0 Å². The van der Waals surface area contributed by atoms with Crippen LogP contribution in [0.2, 0.25) is 10.0 Å². The van der Waals surface area contributed by atoms with E-state index in [1.54, 1.807) is 12.1 Å². The monoisotopic (exact) mass is 582 g/mol. The lowest BCUT2D eigenvalue weighted by molar-refractivity contribution is -0.384. The molecule has 0 aliphatic rings. The average molecular weight is 583 g/mol. The average Bonchev–Trinajstić information content (AvgIpc) is 2.93. The molecule has 0 atom stereocenters. The van der Waals surface area contributed by atoms with Crippen LogP contribution in [0.1, 0.15) is 20.7 Å². The van der Waals surface area contributed by atoms with E-state index in [-0.39, 0.29) is 33.5 Å². The Morgan fingerprint density at radius 3 is 2.38 bits per heavy atom. The van der Waals surface area contributed by atoms with Crippen LogP contribution in [0.4, 0.5) is 28.7 Å². The largest absolute Gasteiger partial charge is 0.478 e. The highest BCUT2D eigenvalue weighted by Gasteiger charge is 2.16. The number of aromatic nitrogens is 3. The highest BCUT2D eigenvalue weighted by Crippen LogP contribution is 2.37. The van der Waals surface area contributed by atoms with Gasteiger partial charge in [-0.05, 0) is 36.4 Å². The van der Waals surface area contributed by atoms with Gasteiger partial charge in [0.05, 0.1) is 44.3 Å². The van der Waals surface area contributed by atoms with Crippen LogP contribution in [0, 0.1) is 10.1 Å². The first-order chi connectivity index (χ1) is 19.1. The Labute approximate surface area is 236 Å². The van der Waals surface area contributed by atoms with Crippen molar-refractivity contribution in [3.8, 4) is 11.4 Å². The van der Waals surface area contributed by atoms with Gasteiger partial charge < -0.3 is 26.8 Å². The molecule has 15 heteroatoms. The molecule has 0 spiro atoms. The maximum absolute atomic E-state index is 12.5. The van der Waals surface area contributed by atoms with Crippen molar-refractivity contribution in [1.82, 2.24) is 15.0 Å². The quantitative estimate of drug-likeness (QED) is 0.0975. The number of pyridine rings is 1. The summed E-state index contributed by atoms with van der Waals surface area (Å²) in [6.45, 7) is 0.720. The number of anilines is 4. The number of hydrogen-bond acceptors (Lipinski definition) is 10. The second-order valence-electron chi connectivity index (χ2n) is 8.13. The van der Waals surface area contributed by atoms with Gasteiger partial charge in [0.1, 0.15) is 5.82 Å². The van der Waals surface area contributed by atoms with Crippen LogP contribution in [0.5, 0.6) is 0 Å². The highest BCUT2D eigenvalue weighted by molar-refractivity contribution is 6.40. The molecule has 204 valence electrons. The molecule has 4 aromatic rings. The normalized spacial score (nSPS) is 10.6. The number of carboxylic acids is 1. The van der Waals surface area contributed by atoms with Crippen LogP contribution in [0.3, 0.4) is 0 Å². The third-order valence-electron chi connectivity index (χ3n) is 5.45. The summed E-state index contributed by atoms with van der Waals surface area (Å²) in [6, 6.07) is 11.6. The third kappa shape index (κ3) is 6.51. The van der Waals surface area contributed by atoms with Crippen molar-refractivity contribution in [2.75, 3.05) is 34.8 Å². The summed E-state index contributed by atoms with van der Waals surface area (Å²) in [5.41, 5.74) is 6.72.